The van der Waals surface area contributed by atoms with Gasteiger partial charge >= 0.3 is 0 Å². The highest BCUT2D eigenvalue weighted by Crippen LogP contribution is 2.33. The normalized spacial score (nSPS) is 16.7. The molecule has 5 nitrogen and oxygen atoms in total. The highest BCUT2D eigenvalue weighted by atomic mass is 35.5. The van der Waals surface area contributed by atoms with Crippen LogP contribution in [0, 0.1) is 0 Å². The standard InChI is InChI=1S/C32H36ClN3O2S/c1-35(32(37)15-6-18-36-20-17-34-23-28(36)25-10-4-11-26(33)22-25)19-16-30(31-14-7-21-39-31)38-29-13-5-9-24-8-2-3-12-27(24)29/h2-5,7-14,21-22,28,30,34H,6,15-20,23H2,1H3. The van der Waals surface area contributed by atoms with Gasteiger partial charge in [0.05, 0.1) is 0 Å². The number of halogens is 1. The maximum Gasteiger partial charge on any atom is 0.222 e. The van der Waals surface area contributed by atoms with E-state index in [0.29, 0.717) is 13.0 Å². The summed E-state index contributed by atoms with van der Waals surface area (Å²) >= 11 is 7.95. The number of benzene rings is 3. The molecule has 1 aromatic heterocycles. The van der Waals surface area contributed by atoms with Gasteiger partial charge in [0, 0.05) is 67.4 Å². The van der Waals surface area contributed by atoms with Crippen molar-refractivity contribution in [1.82, 2.24) is 15.1 Å². The minimum atomic E-state index is -0.106. The number of rotatable bonds is 11. The summed E-state index contributed by atoms with van der Waals surface area (Å²) in [6.07, 6.45) is 2.00. The van der Waals surface area contributed by atoms with Crippen molar-refractivity contribution in [2.24, 2.45) is 0 Å². The molecule has 1 aliphatic heterocycles. The predicted octanol–water partition coefficient (Wildman–Crippen LogP) is 6.95. The average Bonchev–Trinajstić information content (AvgIpc) is 3.50. The van der Waals surface area contributed by atoms with Crippen LogP contribution >= 0.6 is 22.9 Å². The molecule has 1 saturated heterocycles. The summed E-state index contributed by atoms with van der Waals surface area (Å²) in [4.78, 5) is 18.6. The quantitative estimate of drug-likeness (QED) is 0.215. The van der Waals surface area contributed by atoms with Gasteiger partial charge in [-0.05, 0) is 53.6 Å². The Hall–Kier alpha value is -2.90. The molecule has 5 rings (SSSR count). The van der Waals surface area contributed by atoms with Crippen LogP contribution in [0.5, 0.6) is 5.75 Å². The fraction of sp³-hybridized carbons (Fsp3) is 0.344. The summed E-state index contributed by atoms with van der Waals surface area (Å²) in [7, 11) is 1.91. The smallest absolute Gasteiger partial charge is 0.222 e. The number of amides is 1. The highest BCUT2D eigenvalue weighted by Gasteiger charge is 2.24. The molecule has 2 unspecified atom stereocenters. The first-order valence-corrected chi connectivity index (χ1v) is 15.0. The Kier molecular flexibility index (Phi) is 9.53. The number of hydrogen-bond acceptors (Lipinski definition) is 5. The van der Waals surface area contributed by atoms with E-state index >= 15 is 0 Å². The lowest BCUT2D eigenvalue weighted by Gasteiger charge is -2.36. The molecule has 0 radical (unpaired) electrons. The second kappa shape index (κ2) is 13.4. The second-order valence-corrected chi connectivity index (χ2v) is 11.5. The lowest BCUT2D eigenvalue weighted by molar-refractivity contribution is -0.130. The summed E-state index contributed by atoms with van der Waals surface area (Å²) < 4.78 is 6.58. The van der Waals surface area contributed by atoms with E-state index in [9.17, 15) is 4.79 Å². The topological polar surface area (TPSA) is 44.8 Å². The van der Waals surface area contributed by atoms with Crippen LogP contribution in [0.2, 0.25) is 5.02 Å². The molecule has 0 saturated carbocycles. The SMILES string of the molecule is CN(CCC(Oc1cccc2ccccc12)c1cccs1)C(=O)CCCN1CCNCC1c1cccc(Cl)c1. The minimum absolute atomic E-state index is 0.106. The Morgan fingerprint density at radius 2 is 1.97 bits per heavy atom. The van der Waals surface area contributed by atoms with E-state index in [0.717, 1.165) is 60.6 Å². The highest BCUT2D eigenvalue weighted by molar-refractivity contribution is 7.10. The van der Waals surface area contributed by atoms with Crippen molar-refractivity contribution in [2.75, 3.05) is 39.8 Å². The third-order valence-electron chi connectivity index (χ3n) is 7.46. The van der Waals surface area contributed by atoms with Crippen molar-refractivity contribution < 1.29 is 9.53 Å². The summed E-state index contributed by atoms with van der Waals surface area (Å²) in [5.41, 5.74) is 1.23. The van der Waals surface area contributed by atoms with Gasteiger partial charge in [-0.25, -0.2) is 0 Å². The molecule has 1 aliphatic rings. The molecule has 0 bridgehead atoms. The van der Waals surface area contributed by atoms with Crippen LogP contribution in [-0.2, 0) is 4.79 Å². The number of nitrogens with zero attached hydrogens (tertiary/aromatic N) is 2. The minimum Gasteiger partial charge on any atom is -0.484 e. The zero-order chi connectivity index (χ0) is 27.0. The number of thiophene rings is 1. The van der Waals surface area contributed by atoms with Gasteiger partial charge in [0.2, 0.25) is 5.91 Å². The number of piperazine rings is 1. The third kappa shape index (κ3) is 7.20. The van der Waals surface area contributed by atoms with Crippen LogP contribution in [0.15, 0.2) is 84.2 Å². The van der Waals surface area contributed by atoms with E-state index in [1.54, 1.807) is 11.3 Å². The lowest BCUT2D eigenvalue weighted by Crippen LogP contribution is -2.46. The molecule has 1 amide bonds. The average molecular weight is 562 g/mol. The van der Waals surface area contributed by atoms with Gasteiger partial charge in [-0.1, -0.05) is 66.2 Å². The van der Waals surface area contributed by atoms with Gasteiger partial charge in [-0.2, -0.15) is 0 Å². The van der Waals surface area contributed by atoms with E-state index in [2.05, 4.69) is 58.1 Å². The first-order valence-electron chi connectivity index (χ1n) is 13.7. The van der Waals surface area contributed by atoms with Gasteiger partial charge in [0.1, 0.15) is 11.9 Å². The number of ether oxygens (including phenoxy) is 1. The summed E-state index contributed by atoms with van der Waals surface area (Å²) in [5.74, 6) is 1.06. The Balaban J connectivity index is 1.15. The number of fused-ring (bicyclic) bond motifs is 1. The maximum absolute atomic E-state index is 13.1. The second-order valence-electron chi connectivity index (χ2n) is 10.1. The summed E-state index contributed by atoms with van der Waals surface area (Å²) in [5, 5.41) is 8.61. The number of hydrogen-bond donors (Lipinski definition) is 1. The van der Waals surface area contributed by atoms with Crippen LogP contribution in [0.3, 0.4) is 0 Å². The van der Waals surface area contributed by atoms with Gasteiger partial charge in [-0.3, -0.25) is 9.69 Å². The monoisotopic (exact) mass is 561 g/mol. The first-order chi connectivity index (χ1) is 19.1. The van der Waals surface area contributed by atoms with Crippen LogP contribution in [0.4, 0.5) is 0 Å². The fourth-order valence-corrected chi connectivity index (χ4v) is 6.29. The molecular formula is C32H36ClN3O2S. The molecule has 2 atom stereocenters. The van der Waals surface area contributed by atoms with Crippen molar-refractivity contribution in [3.63, 3.8) is 0 Å². The van der Waals surface area contributed by atoms with Gasteiger partial charge < -0.3 is 15.0 Å². The van der Waals surface area contributed by atoms with Gasteiger partial charge in [0.15, 0.2) is 0 Å². The molecule has 0 aliphatic carbocycles. The van der Waals surface area contributed by atoms with Crippen LogP contribution in [-0.4, -0.2) is 55.5 Å². The van der Waals surface area contributed by atoms with Crippen molar-refractivity contribution in [3.05, 3.63) is 99.7 Å². The molecule has 7 heteroatoms. The number of nitrogens with one attached hydrogen (secondary N) is 1. The van der Waals surface area contributed by atoms with Crippen molar-refractivity contribution in [2.45, 2.75) is 31.4 Å². The lowest BCUT2D eigenvalue weighted by atomic mass is 10.0. The molecule has 3 aromatic carbocycles. The molecule has 204 valence electrons. The van der Waals surface area contributed by atoms with Gasteiger partial charge in [-0.15, -0.1) is 11.3 Å². The predicted molar refractivity (Wildman–Crippen MR) is 162 cm³/mol. The Morgan fingerprint density at radius 3 is 2.82 bits per heavy atom. The van der Waals surface area contributed by atoms with E-state index in [4.69, 9.17) is 16.3 Å². The zero-order valence-corrected chi connectivity index (χ0v) is 24.0. The molecule has 0 spiro atoms. The van der Waals surface area contributed by atoms with Crippen molar-refractivity contribution in [1.29, 1.82) is 0 Å². The third-order valence-corrected chi connectivity index (χ3v) is 8.65. The molecule has 39 heavy (non-hydrogen) atoms. The van der Waals surface area contributed by atoms with Crippen LogP contribution < -0.4 is 10.1 Å². The van der Waals surface area contributed by atoms with Crippen LogP contribution in [0.25, 0.3) is 10.8 Å². The van der Waals surface area contributed by atoms with Crippen LogP contribution in [0.1, 0.15) is 41.8 Å². The summed E-state index contributed by atoms with van der Waals surface area (Å²) in [6, 6.07) is 27.0. The fourth-order valence-electron chi connectivity index (χ4n) is 5.30. The van der Waals surface area contributed by atoms with Gasteiger partial charge in [0.25, 0.3) is 0 Å². The van der Waals surface area contributed by atoms with E-state index in [1.165, 1.54) is 10.4 Å². The van der Waals surface area contributed by atoms with E-state index in [1.807, 2.05) is 48.3 Å². The zero-order valence-electron chi connectivity index (χ0n) is 22.4. The number of carbonyl (C=O) groups is 1. The molecule has 1 fully saturated rings. The Bertz CT molecular complexity index is 1360. The van der Waals surface area contributed by atoms with Crippen molar-refractivity contribution in [3.8, 4) is 5.75 Å². The Labute approximate surface area is 240 Å². The molecule has 1 N–H and O–H groups in total. The van der Waals surface area contributed by atoms with Crippen molar-refractivity contribution >= 4 is 39.6 Å². The molecule has 4 aromatic rings. The van der Waals surface area contributed by atoms with E-state index < -0.39 is 0 Å². The molecule has 2 heterocycles. The van der Waals surface area contributed by atoms with E-state index in [-0.39, 0.29) is 18.1 Å². The maximum atomic E-state index is 13.1. The summed E-state index contributed by atoms with van der Waals surface area (Å²) in [6.45, 7) is 4.36. The molecular weight excluding hydrogens is 526 g/mol. The Morgan fingerprint density at radius 1 is 1.13 bits per heavy atom. The largest absolute Gasteiger partial charge is 0.484 e. The first kappa shape index (κ1) is 27.7. The number of carbonyl (C=O) groups excluding carboxylic acids is 1.